The summed E-state index contributed by atoms with van der Waals surface area (Å²) in [7, 11) is -0.763. The minimum Gasteiger partial charge on any atom is -0.399 e. The molecule has 0 amide bonds. The van der Waals surface area contributed by atoms with Crippen LogP contribution in [0, 0.1) is 13.8 Å². The number of aryl methyl sites for hydroxylation is 2. The molecule has 5 nitrogen and oxygen atoms in total. The lowest BCUT2D eigenvalue weighted by molar-refractivity contribution is 0.00578. The van der Waals surface area contributed by atoms with Gasteiger partial charge in [0, 0.05) is 21.8 Å². The van der Waals surface area contributed by atoms with Crippen molar-refractivity contribution in [1.29, 1.82) is 0 Å². The van der Waals surface area contributed by atoms with Crippen molar-refractivity contribution in [3.63, 3.8) is 0 Å². The van der Waals surface area contributed by atoms with Crippen LogP contribution in [0.25, 0.3) is 21.8 Å². The molecule has 1 aromatic heterocycles. The zero-order valence-corrected chi connectivity index (χ0v) is 21.6. The number of benzene rings is 2. The Morgan fingerprint density at radius 3 is 1.15 bits per heavy atom. The molecule has 2 aliphatic rings. The molecule has 0 radical (unpaired) electrons. The topological polar surface area (TPSA) is 52.7 Å². The van der Waals surface area contributed by atoms with E-state index in [1.54, 1.807) is 0 Å². The van der Waals surface area contributed by atoms with Crippen molar-refractivity contribution in [1.82, 2.24) is 4.98 Å². The molecule has 2 saturated heterocycles. The first-order chi connectivity index (χ1) is 15.1. The van der Waals surface area contributed by atoms with E-state index in [-0.39, 0.29) is 36.6 Å². The summed E-state index contributed by atoms with van der Waals surface area (Å²) in [5.41, 5.74) is 5.14. The summed E-state index contributed by atoms with van der Waals surface area (Å²) in [4.78, 5) is 3.62. The zero-order chi connectivity index (χ0) is 24.1. The number of aromatic amines is 1. The van der Waals surface area contributed by atoms with E-state index in [1.807, 2.05) is 0 Å². The molecule has 1 N–H and O–H groups in total. The molecule has 2 fully saturated rings. The number of nitrogens with one attached hydrogen (secondary N) is 1. The molecule has 0 bridgehead atoms. The Balaban J connectivity index is 1.57. The van der Waals surface area contributed by atoms with Crippen LogP contribution in [0.1, 0.15) is 66.5 Å². The van der Waals surface area contributed by atoms with E-state index in [1.165, 1.54) is 10.8 Å². The van der Waals surface area contributed by atoms with E-state index in [0.717, 1.165) is 33.1 Å². The minimum absolute atomic E-state index is 0.367. The van der Waals surface area contributed by atoms with Gasteiger partial charge in [-0.1, -0.05) is 11.1 Å². The Labute approximate surface area is 197 Å². The molecule has 2 aromatic carbocycles. The van der Waals surface area contributed by atoms with Crippen LogP contribution in [0.15, 0.2) is 24.3 Å². The summed E-state index contributed by atoms with van der Waals surface area (Å²) in [5, 5.41) is 2.40. The summed E-state index contributed by atoms with van der Waals surface area (Å²) in [6.07, 6.45) is 0. The molecule has 3 aromatic rings. The Hall–Kier alpha value is -1.79. The van der Waals surface area contributed by atoms with Gasteiger partial charge in [-0.2, -0.15) is 0 Å². The molecule has 0 unspecified atom stereocenters. The predicted octanol–water partition coefficient (Wildman–Crippen LogP) is 4.54. The highest BCUT2D eigenvalue weighted by atomic mass is 16.7. The summed E-state index contributed by atoms with van der Waals surface area (Å²) in [6.45, 7) is 21.0. The molecular formula is C26H35B2NO4. The van der Waals surface area contributed by atoms with Gasteiger partial charge in [-0.25, -0.2) is 0 Å². The largest absolute Gasteiger partial charge is 0.495 e. The van der Waals surface area contributed by atoms with Crippen LogP contribution < -0.4 is 10.9 Å². The van der Waals surface area contributed by atoms with Gasteiger partial charge in [0.05, 0.1) is 22.4 Å². The maximum atomic E-state index is 6.33. The van der Waals surface area contributed by atoms with Crippen molar-refractivity contribution in [2.75, 3.05) is 0 Å². The second kappa shape index (κ2) is 6.88. The van der Waals surface area contributed by atoms with Crippen LogP contribution in [0.3, 0.4) is 0 Å². The predicted molar refractivity (Wildman–Crippen MR) is 137 cm³/mol. The third-order valence-electron chi connectivity index (χ3n) is 8.39. The third kappa shape index (κ3) is 3.39. The monoisotopic (exact) mass is 447 g/mol. The molecule has 2 aliphatic heterocycles. The highest BCUT2D eigenvalue weighted by Gasteiger charge is 2.53. The van der Waals surface area contributed by atoms with Crippen molar-refractivity contribution in [3.8, 4) is 0 Å². The first kappa shape index (κ1) is 23.0. The van der Waals surface area contributed by atoms with E-state index < -0.39 is 0 Å². The number of hydrogen-bond acceptors (Lipinski definition) is 4. The first-order valence-electron chi connectivity index (χ1n) is 11.9. The fourth-order valence-electron chi connectivity index (χ4n) is 4.69. The lowest BCUT2D eigenvalue weighted by Gasteiger charge is -2.32. The SMILES string of the molecule is Cc1cc2c(cc1B1OC(C)(C)C(C)(C)O1)[nH]c1cc(B3OC(C)(C)C(C)(C)O3)c(C)cc12. The van der Waals surface area contributed by atoms with Gasteiger partial charge in [-0.15, -0.1) is 0 Å². The molecule has 0 atom stereocenters. The molecule has 5 rings (SSSR count). The summed E-state index contributed by atoms with van der Waals surface area (Å²) < 4.78 is 25.3. The van der Waals surface area contributed by atoms with Crippen molar-refractivity contribution < 1.29 is 18.6 Å². The van der Waals surface area contributed by atoms with Crippen molar-refractivity contribution in [3.05, 3.63) is 35.4 Å². The van der Waals surface area contributed by atoms with E-state index in [4.69, 9.17) is 18.6 Å². The maximum absolute atomic E-state index is 6.33. The minimum atomic E-state index is -0.382. The van der Waals surface area contributed by atoms with Crippen LogP contribution in [-0.4, -0.2) is 41.6 Å². The number of aromatic nitrogens is 1. The number of fused-ring (bicyclic) bond motifs is 3. The van der Waals surface area contributed by atoms with Gasteiger partial charge >= 0.3 is 14.2 Å². The van der Waals surface area contributed by atoms with Crippen LogP contribution in [0.5, 0.6) is 0 Å². The van der Waals surface area contributed by atoms with Gasteiger partial charge < -0.3 is 23.6 Å². The van der Waals surface area contributed by atoms with E-state index in [2.05, 4.69) is 98.5 Å². The normalized spacial score (nSPS) is 23.2. The van der Waals surface area contributed by atoms with Crippen LogP contribution in [0.2, 0.25) is 0 Å². The van der Waals surface area contributed by atoms with Crippen molar-refractivity contribution in [2.24, 2.45) is 0 Å². The standard InChI is InChI=1S/C26H35B2NO4/c1-15-11-17-18-12-16(2)20(28-32-25(7,8)26(9,10)33-28)14-22(18)29-21(17)13-19(15)27-30-23(3,4)24(5,6)31-27/h11-14,29H,1-10H3. The lowest BCUT2D eigenvalue weighted by atomic mass is 9.75. The first-order valence-corrected chi connectivity index (χ1v) is 11.9. The van der Waals surface area contributed by atoms with E-state index in [0.29, 0.717) is 0 Å². The highest BCUT2D eigenvalue weighted by molar-refractivity contribution is 6.63. The quantitative estimate of drug-likeness (QED) is 0.587. The molecule has 33 heavy (non-hydrogen) atoms. The second-order valence-corrected chi connectivity index (χ2v) is 11.8. The van der Waals surface area contributed by atoms with Crippen LogP contribution in [0.4, 0.5) is 0 Å². The zero-order valence-electron chi connectivity index (χ0n) is 21.6. The van der Waals surface area contributed by atoms with Crippen molar-refractivity contribution in [2.45, 2.75) is 91.6 Å². The second-order valence-electron chi connectivity index (χ2n) is 11.8. The number of hydrogen-bond donors (Lipinski definition) is 1. The Morgan fingerprint density at radius 1 is 0.545 bits per heavy atom. The number of rotatable bonds is 2. The van der Waals surface area contributed by atoms with Gasteiger partial charge in [-0.3, -0.25) is 0 Å². The third-order valence-corrected chi connectivity index (χ3v) is 8.39. The van der Waals surface area contributed by atoms with E-state index >= 15 is 0 Å². The Bertz CT molecular complexity index is 1150. The van der Waals surface area contributed by atoms with Gasteiger partial charge in [-0.05, 0) is 104 Å². The van der Waals surface area contributed by atoms with Crippen LogP contribution >= 0.6 is 0 Å². The summed E-state index contributed by atoms with van der Waals surface area (Å²) in [5.74, 6) is 0. The molecule has 174 valence electrons. The van der Waals surface area contributed by atoms with Gasteiger partial charge in [0.25, 0.3) is 0 Å². The average Bonchev–Trinajstić information content (AvgIpc) is 3.19. The molecule has 7 heteroatoms. The molecule has 0 spiro atoms. The molecular weight excluding hydrogens is 412 g/mol. The van der Waals surface area contributed by atoms with E-state index in [9.17, 15) is 0 Å². The fraction of sp³-hybridized carbons (Fsp3) is 0.538. The lowest BCUT2D eigenvalue weighted by Crippen LogP contribution is -2.41. The molecule has 0 saturated carbocycles. The Morgan fingerprint density at radius 2 is 0.848 bits per heavy atom. The van der Waals surface area contributed by atoms with Crippen molar-refractivity contribution >= 4 is 47.0 Å². The maximum Gasteiger partial charge on any atom is 0.495 e. The smallest absolute Gasteiger partial charge is 0.399 e. The van der Waals surface area contributed by atoms with Gasteiger partial charge in [0.1, 0.15) is 0 Å². The summed E-state index contributed by atoms with van der Waals surface area (Å²) in [6, 6.07) is 8.83. The Kier molecular flexibility index (Phi) is 4.79. The van der Waals surface area contributed by atoms with Crippen LogP contribution in [-0.2, 0) is 18.6 Å². The highest BCUT2D eigenvalue weighted by Crippen LogP contribution is 2.38. The summed E-state index contributed by atoms with van der Waals surface area (Å²) >= 11 is 0. The molecule has 3 heterocycles. The van der Waals surface area contributed by atoms with Gasteiger partial charge in [0.15, 0.2) is 0 Å². The molecule has 0 aliphatic carbocycles. The fourth-order valence-corrected chi connectivity index (χ4v) is 4.69. The van der Waals surface area contributed by atoms with Gasteiger partial charge in [0.2, 0.25) is 0 Å². The number of H-pyrrole nitrogens is 1. The average molecular weight is 447 g/mol.